The van der Waals surface area contributed by atoms with Crippen LogP contribution in [-0.4, -0.2) is 36.4 Å². The van der Waals surface area contributed by atoms with Gasteiger partial charge in [0.25, 0.3) is 5.91 Å². The molecule has 0 saturated carbocycles. The molecule has 5 nitrogen and oxygen atoms in total. The fourth-order valence-electron chi connectivity index (χ4n) is 3.61. The van der Waals surface area contributed by atoms with E-state index in [-0.39, 0.29) is 12.3 Å². The van der Waals surface area contributed by atoms with Crippen LogP contribution in [0.2, 0.25) is 10.0 Å². The molecule has 1 fully saturated rings. The molecule has 1 heterocycles. The molecule has 28 heavy (non-hydrogen) atoms. The second-order valence-corrected chi connectivity index (χ2v) is 8.10. The number of nitrogens with two attached hydrogens (primary N) is 1. The van der Waals surface area contributed by atoms with E-state index in [4.69, 9.17) is 33.7 Å². The van der Waals surface area contributed by atoms with E-state index in [2.05, 4.69) is 0 Å². The Morgan fingerprint density at radius 3 is 2.25 bits per heavy atom. The van der Waals surface area contributed by atoms with Crippen molar-refractivity contribution in [1.82, 2.24) is 4.90 Å². The van der Waals surface area contributed by atoms with Crippen LogP contribution in [0.1, 0.15) is 29.6 Å². The lowest BCUT2D eigenvalue weighted by Crippen LogP contribution is -2.50. The molecule has 0 radical (unpaired) electrons. The highest BCUT2D eigenvalue weighted by molar-refractivity contribution is 6.30. The van der Waals surface area contributed by atoms with Gasteiger partial charge in [0.15, 0.2) is 0 Å². The second-order valence-electron chi connectivity index (χ2n) is 7.22. The molecule has 1 saturated heterocycles. The number of hydrogen-bond donors (Lipinski definition) is 1. The number of rotatable bonds is 6. The summed E-state index contributed by atoms with van der Waals surface area (Å²) in [4.78, 5) is 26.4. The monoisotopic (exact) mass is 420 g/mol. The van der Waals surface area contributed by atoms with Crippen LogP contribution in [-0.2, 0) is 4.79 Å². The maximum atomic E-state index is 12.9. The SMILES string of the molecule is NC(=O)C[C@@]1(COc2ccc(Cl)cc2)CCCN(C(=O)c2ccc(Cl)cc2)C1. The van der Waals surface area contributed by atoms with Crippen molar-refractivity contribution in [3.8, 4) is 5.75 Å². The molecule has 1 atom stereocenters. The maximum Gasteiger partial charge on any atom is 0.253 e. The first-order valence-electron chi connectivity index (χ1n) is 9.08. The zero-order chi connectivity index (χ0) is 20.1. The average Bonchev–Trinajstić information content (AvgIpc) is 2.67. The lowest BCUT2D eigenvalue weighted by molar-refractivity contribution is -0.122. The molecule has 0 unspecified atom stereocenters. The lowest BCUT2D eigenvalue weighted by atomic mass is 9.77. The van der Waals surface area contributed by atoms with Crippen LogP contribution in [0.15, 0.2) is 48.5 Å². The first kappa shape index (κ1) is 20.5. The maximum absolute atomic E-state index is 12.9. The zero-order valence-corrected chi connectivity index (χ0v) is 16.9. The molecule has 3 rings (SSSR count). The van der Waals surface area contributed by atoms with E-state index in [0.717, 1.165) is 12.8 Å². The van der Waals surface area contributed by atoms with Crippen LogP contribution < -0.4 is 10.5 Å². The van der Waals surface area contributed by atoms with Gasteiger partial charge in [0.2, 0.25) is 5.91 Å². The van der Waals surface area contributed by atoms with Crippen LogP contribution in [0.4, 0.5) is 0 Å². The summed E-state index contributed by atoms with van der Waals surface area (Å²) in [5.74, 6) is 0.173. The lowest BCUT2D eigenvalue weighted by Gasteiger charge is -2.42. The largest absolute Gasteiger partial charge is 0.493 e. The van der Waals surface area contributed by atoms with Crippen molar-refractivity contribution >= 4 is 35.0 Å². The minimum absolute atomic E-state index is 0.0864. The van der Waals surface area contributed by atoms with Crippen LogP contribution >= 0.6 is 23.2 Å². The van der Waals surface area contributed by atoms with Crippen molar-refractivity contribution in [3.05, 3.63) is 64.1 Å². The number of nitrogens with zero attached hydrogens (tertiary/aromatic N) is 1. The molecule has 0 aliphatic carbocycles. The van der Waals surface area contributed by atoms with Gasteiger partial charge in [-0.25, -0.2) is 0 Å². The van der Waals surface area contributed by atoms with Crippen molar-refractivity contribution in [2.75, 3.05) is 19.7 Å². The van der Waals surface area contributed by atoms with Crippen LogP contribution in [0.5, 0.6) is 5.75 Å². The van der Waals surface area contributed by atoms with Crippen molar-refractivity contribution < 1.29 is 14.3 Å². The molecule has 1 aliphatic heterocycles. The standard InChI is InChI=1S/C21H22Cl2N2O3/c22-16-4-2-15(3-5-16)20(27)25-11-1-10-21(13-25,12-19(24)26)14-28-18-8-6-17(23)7-9-18/h2-9H,1,10-14H2,(H2,24,26)/t21-/m0/s1. The normalized spacial score (nSPS) is 19.3. The summed E-state index contributed by atoms with van der Waals surface area (Å²) < 4.78 is 5.93. The van der Waals surface area contributed by atoms with E-state index in [1.54, 1.807) is 53.4 Å². The minimum Gasteiger partial charge on any atom is -0.493 e. The van der Waals surface area contributed by atoms with Gasteiger partial charge in [-0.3, -0.25) is 9.59 Å². The van der Waals surface area contributed by atoms with Crippen LogP contribution in [0, 0.1) is 5.41 Å². The number of carbonyl (C=O) groups is 2. The molecule has 0 spiro atoms. The highest BCUT2D eigenvalue weighted by Crippen LogP contribution is 2.35. The van der Waals surface area contributed by atoms with Crippen molar-refractivity contribution in [2.45, 2.75) is 19.3 Å². The number of carbonyl (C=O) groups excluding carboxylic acids is 2. The van der Waals surface area contributed by atoms with E-state index >= 15 is 0 Å². The van der Waals surface area contributed by atoms with Gasteiger partial charge in [0, 0.05) is 40.5 Å². The van der Waals surface area contributed by atoms with Gasteiger partial charge in [-0.15, -0.1) is 0 Å². The Balaban J connectivity index is 1.75. The van der Waals surface area contributed by atoms with Gasteiger partial charge in [0.1, 0.15) is 5.75 Å². The third-order valence-electron chi connectivity index (χ3n) is 4.95. The minimum atomic E-state index is -0.522. The number of benzene rings is 2. The quantitative estimate of drug-likeness (QED) is 0.761. The molecule has 0 aromatic heterocycles. The van der Waals surface area contributed by atoms with Crippen molar-refractivity contribution in [1.29, 1.82) is 0 Å². The van der Waals surface area contributed by atoms with Gasteiger partial charge in [-0.1, -0.05) is 23.2 Å². The number of ether oxygens (including phenoxy) is 1. The summed E-state index contributed by atoms with van der Waals surface area (Å²) in [6.45, 7) is 1.33. The van der Waals surface area contributed by atoms with Gasteiger partial charge in [-0.2, -0.15) is 0 Å². The van der Waals surface area contributed by atoms with E-state index < -0.39 is 11.3 Å². The van der Waals surface area contributed by atoms with Crippen LogP contribution in [0.25, 0.3) is 0 Å². The van der Waals surface area contributed by atoms with Crippen molar-refractivity contribution in [2.24, 2.45) is 11.1 Å². The molecule has 2 amide bonds. The number of hydrogen-bond acceptors (Lipinski definition) is 3. The van der Waals surface area contributed by atoms with Gasteiger partial charge in [0.05, 0.1) is 6.61 Å². The predicted molar refractivity (Wildman–Crippen MR) is 110 cm³/mol. The van der Waals surface area contributed by atoms with Gasteiger partial charge >= 0.3 is 0 Å². The van der Waals surface area contributed by atoms with Crippen LogP contribution in [0.3, 0.4) is 0 Å². The molecule has 7 heteroatoms. The Morgan fingerprint density at radius 2 is 1.64 bits per heavy atom. The first-order chi connectivity index (χ1) is 13.4. The smallest absolute Gasteiger partial charge is 0.253 e. The van der Waals surface area contributed by atoms with E-state index in [9.17, 15) is 9.59 Å². The molecule has 148 valence electrons. The molecular weight excluding hydrogens is 399 g/mol. The zero-order valence-electron chi connectivity index (χ0n) is 15.4. The summed E-state index contributed by atoms with van der Waals surface area (Å²) in [5, 5.41) is 1.20. The average molecular weight is 421 g/mol. The fourth-order valence-corrected chi connectivity index (χ4v) is 3.86. The summed E-state index contributed by atoms with van der Waals surface area (Å²) in [6.07, 6.45) is 1.69. The number of amides is 2. The highest BCUT2D eigenvalue weighted by Gasteiger charge is 2.39. The molecule has 2 aromatic rings. The first-order valence-corrected chi connectivity index (χ1v) is 9.84. The Labute approximate surface area is 174 Å². The number of piperidine rings is 1. The Kier molecular flexibility index (Phi) is 6.47. The van der Waals surface area contributed by atoms with Crippen molar-refractivity contribution in [3.63, 3.8) is 0 Å². The number of likely N-dealkylation sites (tertiary alicyclic amines) is 1. The molecule has 2 aromatic carbocycles. The summed E-state index contributed by atoms with van der Waals surface area (Å²) >= 11 is 11.8. The van der Waals surface area contributed by atoms with E-state index in [1.807, 2.05) is 0 Å². The van der Waals surface area contributed by atoms with Gasteiger partial charge in [-0.05, 0) is 61.4 Å². The molecular formula is C21H22Cl2N2O3. The Hall–Kier alpha value is -2.24. The summed E-state index contributed by atoms with van der Waals surface area (Å²) in [5.41, 5.74) is 5.56. The number of halogens is 2. The number of primary amides is 1. The Bertz CT molecular complexity index is 840. The molecule has 2 N–H and O–H groups in total. The van der Waals surface area contributed by atoms with E-state index in [1.165, 1.54) is 0 Å². The topological polar surface area (TPSA) is 72.6 Å². The third kappa shape index (κ3) is 5.18. The van der Waals surface area contributed by atoms with E-state index in [0.29, 0.717) is 41.1 Å². The summed E-state index contributed by atoms with van der Waals surface area (Å²) in [7, 11) is 0. The third-order valence-corrected chi connectivity index (χ3v) is 5.45. The highest BCUT2D eigenvalue weighted by atomic mass is 35.5. The van der Waals surface area contributed by atoms with Gasteiger partial charge < -0.3 is 15.4 Å². The Morgan fingerprint density at radius 1 is 1.04 bits per heavy atom. The molecule has 1 aliphatic rings. The predicted octanol–water partition coefficient (Wildman–Crippen LogP) is 4.17. The second kappa shape index (κ2) is 8.84. The fraction of sp³-hybridized carbons (Fsp3) is 0.333. The summed E-state index contributed by atoms with van der Waals surface area (Å²) in [6, 6.07) is 13.8. The molecule has 0 bridgehead atoms.